The number of rotatable bonds is 2. The summed E-state index contributed by atoms with van der Waals surface area (Å²) in [4.78, 5) is 2.50. The first-order valence-corrected chi connectivity index (χ1v) is 6.00. The maximum absolute atomic E-state index is 4.67. The quantitative estimate of drug-likeness (QED) is 0.741. The van der Waals surface area contributed by atoms with Gasteiger partial charge >= 0.3 is 0 Å². The predicted molar refractivity (Wildman–Crippen MR) is 61.9 cm³/mol. The van der Waals surface area contributed by atoms with Gasteiger partial charge in [-0.1, -0.05) is 6.92 Å². The Morgan fingerprint density at radius 2 is 2.27 bits per heavy atom. The van der Waals surface area contributed by atoms with Crippen molar-refractivity contribution in [3.63, 3.8) is 0 Å². The van der Waals surface area contributed by atoms with Gasteiger partial charge in [0, 0.05) is 24.3 Å². The van der Waals surface area contributed by atoms with Crippen LogP contribution in [0.1, 0.15) is 44.5 Å². The van der Waals surface area contributed by atoms with Gasteiger partial charge in [-0.05, 0) is 39.8 Å². The maximum Gasteiger partial charge on any atom is 0.0670 e. The van der Waals surface area contributed by atoms with Gasteiger partial charge in [-0.2, -0.15) is 5.10 Å². The molecule has 0 N–H and O–H groups in total. The van der Waals surface area contributed by atoms with Crippen LogP contribution >= 0.6 is 0 Å². The van der Waals surface area contributed by atoms with E-state index in [1.165, 1.54) is 24.2 Å². The summed E-state index contributed by atoms with van der Waals surface area (Å²) in [7, 11) is 0. The lowest BCUT2D eigenvalue weighted by Gasteiger charge is -2.16. The van der Waals surface area contributed by atoms with Gasteiger partial charge in [0.05, 0.1) is 5.69 Å². The van der Waals surface area contributed by atoms with Crippen LogP contribution in [0.3, 0.4) is 0 Å². The smallest absolute Gasteiger partial charge is 0.0670 e. The van der Waals surface area contributed by atoms with Crippen LogP contribution in [-0.2, 0) is 13.0 Å². The third-order valence-corrected chi connectivity index (χ3v) is 3.15. The minimum Gasteiger partial charge on any atom is -0.299 e. The van der Waals surface area contributed by atoms with Crippen molar-refractivity contribution in [3.8, 4) is 0 Å². The number of aromatic nitrogens is 2. The highest BCUT2D eigenvalue weighted by molar-refractivity contribution is 5.18. The molecule has 2 heterocycles. The Kier molecular flexibility index (Phi) is 3.10. The molecule has 15 heavy (non-hydrogen) atoms. The summed E-state index contributed by atoms with van der Waals surface area (Å²) >= 11 is 0. The Morgan fingerprint density at radius 1 is 1.47 bits per heavy atom. The Balaban J connectivity index is 2.22. The molecule has 0 radical (unpaired) electrons. The third-order valence-electron chi connectivity index (χ3n) is 3.15. The van der Waals surface area contributed by atoms with Crippen molar-refractivity contribution in [1.82, 2.24) is 14.7 Å². The van der Waals surface area contributed by atoms with Gasteiger partial charge in [0.2, 0.25) is 0 Å². The van der Waals surface area contributed by atoms with Crippen molar-refractivity contribution in [3.05, 3.63) is 17.5 Å². The van der Waals surface area contributed by atoms with Crippen molar-refractivity contribution in [2.24, 2.45) is 0 Å². The molecule has 84 valence electrons. The molecular weight excluding hydrogens is 186 g/mol. The van der Waals surface area contributed by atoms with E-state index in [0.717, 1.165) is 19.5 Å². The average molecular weight is 207 g/mol. The van der Waals surface area contributed by atoms with Crippen LogP contribution in [0.5, 0.6) is 0 Å². The van der Waals surface area contributed by atoms with Crippen LogP contribution in [-0.4, -0.2) is 27.8 Å². The highest BCUT2D eigenvalue weighted by Crippen LogP contribution is 2.18. The van der Waals surface area contributed by atoms with Gasteiger partial charge < -0.3 is 0 Å². The zero-order valence-corrected chi connectivity index (χ0v) is 10.0. The Morgan fingerprint density at radius 3 is 2.93 bits per heavy atom. The van der Waals surface area contributed by atoms with Gasteiger partial charge in [0.25, 0.3) is 0 Å². The number of hydrogen-bond donors (Lipinski definition) is 0. The van der Waals surface area contributed by atoms with Crippen LogP contribution in [0.2, 0.25) is 0 Å². The molecular formula is C12H21N3. The van der Waals surface area contributed by atoms with Crippen LogP contribution in [0.4, 0.5) is 0 Å². The second kappa shape index (κ2) is 4.35. The predicted octanol–water partition coefficient (Wildman–Crippen LogP) is 2.23. The SMILES string of the molecule is CCN1CCCc2nn(C(C)C)cc2C1. The van der Waals surface area contributed by atoms with Crippen molar-refractivity contribution >= 4 is 0 Å². The molecule has 0 saturated carbocycles. The second-order valence-electron chi connectivity index (χ2n) is 4.65. The van der Waals surface area contributed by atoms with E-state index < -0.39 is 0 Å². The van der Waals surface area contributed by atoms with E-state index in [1.807, 2.05) is 0 Å². The molecule has 0 amide bonds. The first kappa shape index (κ1) is 10.7. The van der Waals surface area contributed by atoms with Crippen LogP contribution in [0.25, 0.3) is 0 Å². The summed E-state index contributed by atoms with van der Waals surface area (Å²) in [6.07, 6.45) is 4.62. The normalized spacial score (nSPS) is 17.9. The van der Waals surface area contributed by atoms with Gasteiger partial charge in [0.1, 0.15) is 0 Å². The molecule has 0 atom stereocenters. The highest BCUT2D eigenvalue weighted by Gasteiger charge is 2.16. The van der Waals surface area contributed by atoms with E-state index >= 15 is 0 Å². The lowest BCUT2D eigenvalue weighted by molar-refractivity contribution is 0.284. The van der Waals surface area contributed by atoms with Gasteiger partial charge in [0.15, 0.2) is 0 Å². The maximum atomic E-state index is 4.67. The van der Waals surface area contributed by atoms with E-state index in [-0.39, 0.29) is 0 Å². The summed E-state index contributed by atoms with van der Waals surface area (Å²) in [5.41, 5.74) is 2.75. The van der Waals surface area contributed by atoms with Crippen molar-refractivity contribution in [2.45, 2.75) is 46.2 Å². The summed E-state index contributed by atoms with van der Waals surface area (Å²) in [5, 5.41) is 4.67. The molecule has 0 unspecified atom stereocenters. The summed E-state index contributed by atoms with van der Waals surface area (Å²) in [6.45, 7) is 10.0. The minimum atomic E-state index is 0.479. The molecule has 1 aromatic rings. The van der Waals surface area contributed by atoms with Gasteiger partial charge in [-0.25, -0.2) is 0 Å². The van der Waals surface area contributed by atoms with Crippen molar-refractivity contribution in [1.29, 1.82) is 0 Å². The largest absolute Gasteiger partial charge is 0.299 e. The van der Waals surface area contributed by atoms with Gasteiger partial charge in [-0.15, -0.1) is 0 Å². The fourth-order valence-corrected chi connectivity index (χ4v) is 2.13. The first-order valence-electron chi connectivity index (χ1n) is 6.00. The van der Waals surface area contributed by atoms with Crippen LogP contribution in [0.15, 0.2) is 6.20 Å². The zero-order valence-electron chi connectivity index (χ0n) is 10.0. The Bertz CT molecular complexity index is 328. The second-order valence-corrected chi connectivity index (χ2v) is 4.65. The number of hydrogen-bond acceptors (Lipinski definition) is 2. The standard InChI is InChI=1S/C12H21N3/c1-4-14-7-5-6-12-11(8-14)9-15(13-12)10(2)3/h9-10H,4-8H2,1-3H3. The average Bonchev–Trinajstić information content (AvgIpc) is 2.51. The molecule has 1 aliphatic heterocycles. The summed E-state index contributed by atoms with van der Waals surface area (Å²) in [6, 6.07) is 0.479. The molecule has 1 aliphatic rings. The molecule has 3 heteroatoms. The van der Waals surface area contributed by atoms with Crippen molar-refractivity contribution < 1.29 is 0 Å². The zero-order chi connectivity index (χ0) is 10.8. The number of fused-ring (bicyclic) bond motifs is 1. The van der Waals surface area contributed by atoms with Gasteiger partial charge in [-0.3, -0.25) is 9.58 Å². The molecule has 0 spiro atoms. The summed E-state index contributed by atoms with van der Waals surface area (Å²) < 4.78 is 2.10. The molecule has 0 saturated heterocycles. The minimum absolute atomic E-state index is 0.479. The first-order chi connectivity index (χ1) is 7.20. The number of aryl methyl sites for hydroxylation is 1. The fourth-order valence-electron chi connectivity index (χ4n) is 2.13. The lowest BCUT2D eigenvalue weighted by atomic mass is 10.2. The number of nitrogens with zero attached hydrogens (tertiary/aromatic N) is 3. The van der Waals surface area contributed by atoms with Crippen LogP contribution in [0, 0.1) is 0 Å². The molecule has 3 nitrogen and oxygen atoms in total. The highest BCUT2D eigenvalue weighted by atomic mass is 15.3. The molecule has 2 rings (SSSR count). The molecule has 0 aliphatic carbocycles. The molecule has 1 aromatic heterocycles. The van der Waals surface area contributed by atoms with E-state index in [1.54, 1.807) is 0 Å². The van der Waals surface area contributed by atoms with E-state index in [9.17, 15) is 0 Å². The topological polar surface area (TPSA) is 21.1 Å². The van der Waals surface area contributed by atoms with E-state index in [2.05, 4.69) is 41.6 Å². The van der Waals surface area contributed by atoms with E-state index in [0.29, 0.717) is 6.04 Å². The molecule has 0 aromatic carbocycles. The molecule has 0 bridgehead atoms. The lowest BCUT2D eigenvalue weighted by Crippen LogP contribution is -2.22. The Hall–Kier alpha value is -0.830. The third kappa shape index (κ3) is 2.23. The molecule has 0 fully saturated rings. The van der Waals surface area contributed by atoms with Crippen molar-refractivity contribution in [2.75, 3.05) is 13.1 Å². The fraction of sp³-hybridized carbons (Fsp3) is 0.750. The summed E-state index contributed by atoms with van der Waals surface area (Å²) in [5.74, 6) is 0. The van der Waals surface area contributed by atoms with E-state index in [4.69, 9.17) is 0 Å². The van der Waals surface area contributed by atoms with Crippen LogP contribution < -0.4 is 0 Å². The monoisotopic (exact) mass is 207 g/mol. The Labute approximate surface area is 92.1 Å².